The Kier molecular flexibility index (Phi) is 7.52. The van der Waals surface area contributed by atoms with Crippen LogP contribution in [0.4, 0.5) is 0 Å². The van der Waals surface area contributed by atoms with E-state index in [0.29, 0.717) is 32.2 Å². The first-order valence-corrected chi connectivity index (χ1v) is 18.6. The molecule has 0 aromatic heterocycles. The van der Waals surface area contributed by atoms with Gasteiger partial charge in [-0.1, -0.05) is 59.2 Å². The second-order valence-electron chi connectivity index (χ2n) is 19.0. The summed E-state index contributed by atoms with van der Waals surface area (Å²) in [4.78, 5) is 29.2. The molecule has 264 valence electrons. The number of aliphatic hydroxyl groups is 2. The Bertz CT molecular complexity index is 1580. The quantitative estimate of drug-likeness (QED) is 0.238. The normalized spacial score (nSPS) is 44.1. The lowest BCUT2D eigenvalue weighted by Gasteiger charge is -2.73. The summed E-state index contributed by atoms with van der Waals surface area (Å²) in [5.41, 5.74) is 0.147. The van der Waals surface area contributed by atoms with Gasteiger partial charge in [-0.15, -0.1) is 0 Å². The number of aliphatic hydroxyl groups excluding tert-OH is 2. The third-order valence-electron chi connectivity index (χ3n) is 15.3. The second-order valence-corrected chi connectivity index (χ2v) is 19.0. The summed E-state index contributed by atoms with van der Waals surface area (Å²) in [7, 11) is 0. The molecule has 1 heterocycles. The zero-order valence-corrected chi connectivity index (χ0v) is 30.7. The van der Waals surface area contributed by atoms with Crippen LogP contribution in [0.25, 0.3) is 0 Å². The van der Waals surface area contributed by atoms with Crippen LogP contribution in [0.3, 0.4) is 0 Å². The van der Waals surface area contributed by atoms with Gasteiger partial charge in [0.2, 0.25) is 0 Å². The molecule has 6 aliphatic carbocycles. The number of phenols is 1. The van der Waals surface area contributed by atoms with E-state index in [0.717, 1.165) is 36.8 Å². The van der Waals surface area contributed by atoms with Crippen molar-refractivity contribution in [3.8, 4) is 5.75 Å². The van der Waals surface area contributed by atoms with Gasteiger partial charge in [0.25, 0.3) is 0 Å². The molecule has 8 rings (SSSR count). The molecular weight excluding hydrogens is 602 g/mol. The average Bonchev–Trinajstić information content (AvgIpc) is 3.57. The fourth-order valence-corrected chi connectivity index (χ4v) is 13.8. The van der Waals surface area contributed by atoms with E-state index in [1.54, 1.807) is 6.07 Å². The Balaban J connectivity index is 1.37. The fraction of sp³-hybridized carbons (Fsp3) is 0.756. The highest BCUT2D eigenvalue weighted by Crippen LogP contribution is 2.79. The zero-order valence-electron chi connectivity index (χ0n) is 30.7. The van der Waals surface area contributed by atoms with E-state index in [1.807, 2.05) is 39.0 Å². The number of benzene rings is 1. The van der Waals surface area contributed by atoms with Crippen molar-refractivity contribution < 1.29 is 29.6 Å². The number of fused-ring (bicyclic) bond motifs is 5. The van der Waals surface area contributed by atoms with E-state index in [9.17, 15) is 20.1 Å². The van der Waals surface area contributed by atoms with Crippen molar-refractivity contribution in [3.63, 3.8) is 0 Å². The molecule has 4 bridgehead atoms. The number of rotatable bonds is 8. The number of Topliss-reactive ketones (excluding diaryl/α,β-unsaturated/α-hetero) is 2. The Hall–Kier alpha value is -2.06. The minimum absolute atomic E-state index is 0.0384. The topological polar surface area (TPSA) is 119 Å². The minimum atomic E-state index is -0.732. The molecule has 1 aromatic carbocycles. The minimum Gasteiger partial charge on any atom is -0.508 e. The molecule has 4 N–H and O–H groups in total. The Labute approximate surface area is 287 Å². The van der Waals surface area contributed by atoms with Crippen molar-refractivity contribution in [2.45, 2.75) is 149 Å². The molecule has 11 atom stereocenters. The largest absolute Gasteiger partial charge is 0.508 e. The van der Waals surface area contributed by atoms with E-state index in [2.05, 4.69) is 46.9 Å². The Morgan fingerprint density at radius 3 is 2.31 bits per heavy atom. The summed E-state index contributed by atoms with van der Waals surface area (Å²) in [5, 5.41) is 36.4. The maximum atomic E-state index is 15.0. The highest BCUT2D eigenvalue weighted by Gasteiger charge is 2.78. The molecule has 5 saturated carbocycles. The van der Waals surface area contributed by atoms with Crippen LogP contribution in [-0.2, 0) is 19.7 Å². The summed E-state index contributed by atoms with van der Waals surface area (Å²) in [6.07, 6.45) is 4.45. The number of phenolic OH excluding ortho intramolecular Hbond substituents is 1. The molecule has 0 radical (unpaired) electrons. The first-order valence-electron chi connectivity index (χ1n) is 18.6. The lowest BCUT2D eigenvalue weighted by molar-refractivity contribution is -0.213. The van der Waals surface area contributed by atoms with Gasteiger partial charge in [-0.05, 0) is 118 Å². The summed E-state index contributed by atoms with van der Waals surface area (Å²) < 4.78 is 5.77. The van der Waals surface area contributed by atoms with Crippen molar-refractivity contribution in [1.82, 2.24) is 5.32 Å². The summed E-state index contributed by atoms with van der Waals surface area (Å²) in [6, 6.07) is 7.41. The number of epoxide rings is 1. The number of ether oxygens (including phenoxy) is 1. The highest BCUT2D eigenvalue weighted by atomic mass is 16.6. The lowest BCUT2D eigenvalue weighted by atomic mass is 9.32. The van der Waals surface area contributed by atoms with Crippen LogP contribution in [0.15, 0.2) is 35.4 Å². The van der Waals surface area contributed by atoms with E-state index >= 15 is 4.79 Å². The van der Waals surface area contributed by atoms with Crippen molar-refractivity contribution >= 4 is 11.6 Å². The zero-order chi connectivity index (χ0) is 35.0. The number of aromatic hydroxyl groups is 1. The van der Waals surface area contributed by atoms with Gasteiger partial charge in [0.15, 0.2) is 5.78 Å². The number of hydrogen-bond acceptors (Lipinski definition) is 7. The van der Waals surface area contributed by atoms with Crippen molar-refractivity contribution in [3.05, 3.63) is 41.0 Å². The lowest BCUT2D eigenvalue weighted by Crippen LogP contribution is -2.74. The summed E-state index contributed by atoms with van der Waals surface area (Å²) in [6.45, 7) is 19.9. The highest BCUT2D eigenvalue weighted by molar-refractivity contribution is 6.01. The Morgan fingerprint density at radius 2 is 1.69 bits per heavy atom. The van der Waals surface area contributed by atoms with Gasteiger partial charge in [0.05, 0.1) is 23.2 Å². The molecule has 1 unspecified atom stereocenters. The molecular formula is C41H59NO6. The molecule has 1 saturated heterocycles. The number of nitrogens with one attached hydrogen (secondary N) is 1. The van der Waals surface area contributed by atoms with Gasteiger partial charge < -0.3 is 25.4 Å². The van der Waals surface area contributed by atoms with E-state index in [1.165, 1.54) is 5.57 Å². The third-order valence-corrected chi connectivity index (χ3v) is 15.3. The molecule has 0 amide bonds. The van der Waals surface area contributed by atoms with Crippen LogP contribution >= 0.6 is 0 Å². The monoisotopic (exact) mass is 661 g/mol. The second kappa shape index (κ2) is 10.5. The van der Waals surface area contributed by atoms with Gasteiger partial charge in [0, 0.05) is 29.3 Å². The van der Waals surface area contributed by atoms with Gasteiger partial charge in [-0.2, -0.15) is 0 Å². The molecule has 7 nitrogen and oxygen atoms in total. The molecule has 1 aliphatic heterocycles. The van der Waals surface area contributed by atoms with Crippen molar-refractivity contribution in [1.29, 1.82) is 0 Å². The molecule has 7 aliphatic rings. The van der Waals surface area contributed by atoms with Crippen LogP contribution in [0, 0.1) is 39.4 Å². The summed E-state index contributed by atoms with van der Waals surface area (Å²) in [5.74, 6) is 0.922. The maximum absolute atomic E-state index is 15.0. The van der Waals surface area contributed by atoms with Crippen LogP contribution in [0.5, 0.6) is 5.75 Å². The summed E-state index contributed by atoms with van der Waals surface area (Å²) >= 11 is 0. The van der Waals surface area contributed by atoms with E-state index < -0.39 is 28.6 Å². The predicted molar refractivity (Wildman–Crippen MR) is 185 cm³/mol. The first-order chi connectivity index (χ1) is 22.2. The maximum Gasteiger partial charge on any atom is 0.159 e. The van der Waals surface area contributed by atoms with Crippen molar-refractivity contribution in [2.24, 2.45) is 39.4 Å². The van der Waals surface area contributed by atoms with Gasteiger partial charge in [-0.25, -0.2) is 0 Å². The van der Waals surface area contributed by atoms with Crippen LogP contribution in [-0.4, -0.2) is 62.9 Å². The van der Waals surface area contributed by atoms with Crippen molar-refractivity contribution in [2.75, 3.05) is 6.54 Å². The Morgan fingerprint density at radius 1 is 1.00 bits per heavy atom. The molecule has 6 fully saturated rings. The number of carbonyl (C=O) groups is 2. The number of ketones is 2. The molecule has 1 aromatic rings. The number of hydrogen-bond donors (Lipinski definition) is 4. The van der Waals surface area contributed by atoms with Gasteiger partial charge in [-0.3, -0.25) is 9.59 Å². The van der Waals surface area contributed by atoms with Gasteiger partial charge in [0.1, 0.15) is 17.6 Å². The van der Waals surface area contributed by atoms with Gasteiger partial charge >= 0.3 is 0 Å². The molecule has 48 heavy (non-hydrogen) atoms. The number of β-amino-alcohol motifs (C(OH)–C–C–N with tert-alkyl or cyclic N) is 1. The van der Waals surface area contributed by atoms with E-state index in [-0.39, 0.29) is 63.0 Å². The third kappa shape index (κ3) is 4.45. The van der Waals surface area contributed by atoms with E-state index in [4.69, 9.17) is 4.74 Å². The van der Waals surface area contributed by atoms with Crippen LogP contribution in [0.1, 0.15) is 119 Å². The van der Waals surface area contributed by atoms with Crippen LogP contribution < -0.4 is 5.32 Å². The standard InChI is InChI=1S/C41H59NO6/c1-23(17-28(45)32-36(5,6)48-32)31-27-13-14-30-37(7)21-40(25-11-10-12-26(44)18-25)15-16-41(42-20-24(2)43,33(37)35(3,4)34(40)47)22-39(30,9)38(27,8)19-29(31)46/h10-12,18,23-24,28,30,32-33,42-45H,13-17,19-22H2,1-9H3/t23-,24+,28-,30?,32+,33+,37-,38+,39+,40-,41+/m1/s1. The molecule has 7 heteroatoms. The first kappa shape index (κ1) is 34.4. The van der Waals surface area contributed by atoms with Crippen LogP contribution in [0.2, 0.25) is 0 Å². The smallest absolute Gasteiger partial charge is 0.159 e. The number of allylic oxidation sites excluding steroid dienone is 2. The SMILES string of the molecule is C[C@H](O)CN[C@@]12CC[C@]3(c4cccc(O)c4)C[C@](C)(C4CCC5=C([C@H](C)C[C@@H](O)[C@@H]6OC6(C)C)C(=O)C[C@]5(C)[C@@]4(C)C1)[C@@H]2C(C)(C)C3=O. The average molecular weight is 662 g/mol. The fourth-order valence-electron chi connectivity index (χ4n) is 13.8. The predicted octanol–water partition coefficient (Wildman–Crippen LogP) is 6.41. The molecule has 0 spiro atoms. The number of carbonyl (C=O) groups excluding carboxylic acids is 2.